The second kappa shape index (κ2) is 15.8. The number of nitriles is 1. The number of hydrogen-bond acceptors (Lipinski definition) is 8. The van der Waals surface area contributed by atoms with Crippen LogP contribution in [0.25, 0.3) is 11.1 Å². The smallest absolute Gasteiger partial charge is 0.222 e. The van der Waals surface area contributed by atoms with Gasteiger partial charge < -0.3 is 29.7 Å². The number of carbonyl (C=O) groups excluding carboxylic acids is 2. The molecular weight excluding hydrogens is 701 g/mol. The van der Waals surface area contributed by atoms with E-state index in [4.69, 9.17) is 37.4 Å². The minimum atomic E-state index is -0.248. The van der Waals surface area contributed by atoms with E-state index in [-0.39, 0.29) is 36.5 Å². The molecule has 3 heterocycles. The number of nitrogens with zero attached hydrogens (tertiary/aromatic N) is 3. The first-order valence-corrected chi connectivity index (χ1v) is 18.2. The Hall–Kier alpha value is -4.82. The van der Waals surface area contributed by atoms with Crippen molar-refractivity contribution in [3.63, 3.8) is 0 Å². The van der Waals surface area contributed by atoms with E-state index in [0.29, 0.717) is 71.9 Å². The van der Waals surface area contributed by atoms with Gasteiger partial charge in [0.05, 0.1) is 22.2 Å². The van der Waals surface area contributed by atoms with Crippen LogP contribution >= 0.6 is 23.2 Å². The van der Waals surface area contributed by atoms with Crippen molar-refractivity contribution in [2.24, 2.45) is 5.92 Å². The fourth-order valence-electron chi connectivity index (χ4n) is 7.14. The Kier molecular flexibility index (Phi) is 10.8. The predicted octanol–water partition coefficient (Wildman–Crippen LogP) is 6.80. The molecule has 10 nitrogen and oxygen atoms in total. The molecule has 3 aromatic carbocycles. The van der Waals surface area contributed by atoms with Crippen LogP contribution in [0.15, 0.2) is 67.0 Å². The summed E-state index contributed by atoms with van der Waals surface area (Å²) in [6.45, 7) is 2.33. The number of carbonyl (C=O) groups is 2. The maximum absolute atomic E-state index is 12.0. The van der Waals surface area contributed by atoms with Crippen LogP contribution in [0.1, 0.15) is 59.6 Å². The van der Waals surface area contributed by atoms with Crippen molar-refractivity contribution < 1.29 is 23.8 Å². The number of likely N-dealkylation sites (tertiary alicyclic amines) is 1. The molecule has 3 aliphatic rings. The second-order valence-corrected chi connectivity index (χ2v) is 14.4. The molecule has 268 valence electrons. The molecule has 52 heavy (non-hydrogen) atoms. The Labute approximate surface area is 313 Å². The van der Waals surface area contributed by atoms with Crippen molar-refractivity contribution in [3.05, 3.63) is 105 Å². The van der Waals surface area contributed by atoms with E-state index < -0.39 is 0 Å². The second-order valence-electron chi connectivity index (χ2n) is 13.6. The molecular formula is C40H39Cl2N5O5. The number of pyridine rings is 1. The molecule has 2 aliphatic heterocycles. The number of piperidine rings is 1. The van der Waals surface area contributed by atoms with Crippen LogP contribution in [0.4, 0.5) is 0 Å². The monoisotopic (exact) mass is 739 g/mol. The average Bonchev–Trinajstić information content (AvgIpc) is 3.72. The van der Waals surface area contributed by atoms with Gasteiger partial charge in [-0.3, -0.25) is 14.6 Å². The zero-order chi connectivity index (χ0) is 36.2. The summed E-state index contributed by atoms with van der Waals surface area (Å²) in [6.07, 6.45) is 6.18. The lowest BCUT2D eigenvalue weighted by atomic mass is 9.96. The van der Waals surface area contributed by atoms with Gasteiger partial charge in [-0.25, -0.2) is 0 Å². The van der Waals surface area contributed by atoms with Crippen LogP contribution in [0, 0.1) is 17.2 Å². The lowest BCUT2D eigenvalue weighted by Gasteiger charge is -2.24. The van der Waals surface area contributed by atoms with Crippen molar-refractivity contribution >= 4 is 35.0 Å². The third kappa shape index (κ3) is 7.97. The van der Waals surface area contributed by atoms with Gasteiger partial charge in [0, 0.05) is 86.6 Å². The number of hydrogen-bond donors (Lipinski definition) is 2. The van der Waals surface area contributed by atoms with E-state index in [1.807, 2.05) is 43.4 Å². The minimum absolute atomic E-state index is 0.0635. The number of nitrogens with one attached hydrogen (secondary N) is 2. The van der Waals surface area contributed by atoms with Gasteiger partial charge in [0.1, 0.15) is 36.0 Å². The highest BCUT2D eigenvalue weighted by Gasteiger charge is 2.30. The van der Waals surface area contributed by atoms with E-state index in [1.165, 1.54) is 6.20 Å². The molecule has 2 fully saturated rings. The Morgan fingerprint density at radius 3 is 2.63 bits per heavy atom. The molecule has 2 N–H and O–H groups in total. The number of amides is 2. The first kappa shape index (κ1) is 35.6. The number of benzene rings is 3. The summed E-state index contributed by atoms with van der Waals surface area (Å²) in [5.74, 6) is 2.03. The normalized spacial score (nSPS) is 19.6. The quantitative estimate of drug-likeness (QED) is 0.163. The summed E-state index contributed by atoms with van der Waals surface area (Å²) in [7, 11) is 1.81. The van der Waals surface area contributed by atoms with Gasteiger partial charge in [-0.1, -0.05) is 53.5 Å². The summed E-state index contributed by atoms with van der Waals surface area (Å²) >= 11 is 13.9. The van der Waals surface area contributed by atoms with Crippen molar-refractivity contribution in [1.29, 1.82) is 5.26 Å². The molecule has 0 bridgehead atoms. The summed E-state index contributed by atoms with van der Waals surface area (Å²) in [4.78, 5) is 29.6. The van der Waals surface area contributed by atoms with E-state index >= 15 is 0 Å². The van der Waals surface area contributed by atoms with Gasteiger partial charge >= 0.3 is 0 Å². The largest absolute Gasteiger partial charge is 0.492 e. The van der Waals surface area contributed by atoms with E-state index in [0.717, 1.165) is 52.6 Å². The van der Waals surface area contributed by atoms with Crippen molar-refractivity contribution in [2.45, 2.75) is 57.4 Å². The molecule has 0 spiro atoms. The van der Waals surface area contributed by atoms with Crippen molar-refractivity contribution in [2.75, 3.05) is 26.7 Å². The molecule has 0 saturated carbocycles. The number of fused-ring (bicyclic) bond motifs is 1. The first-order valence-electron chi connectivity index (χ1n) is 17.5. The summed E-state index contributed by atoms with van der Waals surface area (Å²) in [5, 5.41) is 16.8. The molecule has 7 rings (SSSR count). The molecule has 4 aromatic rings. The Morgan fingerprint density at radius 1 is 1.00 bits per heavy atom. The molecule has 2 amide bonds. The van der Waals surface area contributed by atoms with E-state index in [1.54, 1.807) is 17.2 Å². The van der Waals surface area contributed by atoms with E-state index in [2.05, 4.69) is 33.8 Å². The van der Waals surface area contributed by atoms with Crippen LogP contribution in [0.5, 0.6) is 17.2 Å². The fourth-order valence-corrected chi connectivity index (χ4v) is 7.65. The van der Waals surface area contributed by atoms with Crippen LogP contribution in [0.2, 0.25) is 10.0 Å². The van der Waals surface area contributed by atoms with E-state index in [9.17, 15) is 14.9 Å². The fraction of sp³-hybridized carbons (Fsp3) is 0.350. The molecule has 12 heteroatoms. The highest BCUT2D eigenvalue weighted by molar-refractivity contribution is 6.35. The Balaban J connectivity index is 1.10. The van der Waals surface area contributed by atoms with Crippen LogP contribution in [-0.4, -0.2) is 54.5 Å². The van der Waals surface area contributed by atoms with Crippen LogP contribution in [-0.2, 0) is 29.2 Å². The standard InChI is InChI=1S/C40H39Cl2N5O5/c1-47-21-26(13-39(47)49)23-50-35-7-3-6-32(40(35)42)29-4-2-5-31-30(29)9-10-34(31)52-37-15-36(51-22-25-12-24(16-43)17-44-18-25)27(14-33(37)41)19-45-28-8-11-38(48)46-20-28/h2-7,12,14-15,17-18,26,28,34,45H,8-11,13,19-23H2,1H3,(H,46,48)/t26?,28-,34-/m0/s1. The van der Waals surface area contributed by atoms with Gasteiger partial charge in [0.15, 0.2) is 0 Å². The number of halogens is 2. The molecule has 2 saturated heterocycles. The van der Waals surface area contributed by atoms with Gasteiger partial charge in [0.25, 0.3) is 0 Å². The number of rotatable bonds is 12. The highest BCUT2D eigenvalue weighted by Crippen LogP contribution is 2.45. The summed E-state index contributed by atoms with van der Waals surface area (Å²) < 4.78 is 19.1. The average molecular weight is 741 g/mol. The highest BCUT2D eigenvalue weighted by atomic mass is 35.5. The topological polar surface area (TPSA) is 126 Å². The predicted molar refractivity (Wildman–Crippen MR) is 197 cm³/mol. The summed E-state index contributed by atoms with van der Waals surface area (Å²) in [5.41, 5.74) is 6.20. The Bertz CT molecular complexity index is 2020. The zero-order valence-corrected chi connectivity index (χ0v) is 30.3. The van der Waals surface area contributed by atoms with Crippen molar-refractivity contribution in [3.8, 4) is 34.4 Å². The van der Waals surface area contributed by atoms with Crippen LogP contribution in [0.3, 0.4) is 0 Å². The summed E-state index contributed by atoms with van der Waals surface area (Å²) in [6, 6.07) is 19.7. The van der Waals surface area contributed by atoms with Crippen molar-refractivity contribution in [1.82, 2.24) is 20.5 Å². The minimum Gasteiger partial charge on any atom is -0.492 e. The van der Waals surface area contributed by atoms with Gasteiger partial charge in [-0.05, 0) is 54.2 Å². The third-order valence-electron chi connectivity index (χ3n) is 9.91. The maximum atomic E-state index is 12.0. The molecule has 3 atom stereocenters. The molecule has 1 aromatic heterocycles. The van der Waals surface area contributed by atoms with Crippen LogP contribution < -0.4 is 24.8 Å². The SMILES string of the molecule is CN1CC(COc2cccc(-c3cccc4c3CC[C@@H]4Oc3cc(OCc4cncc(C#N)c4)c(CN[C@H]4CCC(=O)NC4)cc3Cl)c2Cl)CC1=O. The molecule has 1 unspecified atom stereocenters. The first-order chi connectivity index (χ1) is 25.2. The molecule has 1 aliphatic carbocycles. The lowest BCUT2D eigenvalue weighted by molar-refractivity contribution is -0.126. The number of aromatic nitrogens is 1. The van der Waals surface area contributed by atoms with Gasteiger partial charge in [0.2, 0.25) is 11.8 Å². The molecule has 0 radical (unpaired) electrons. The number of ether oxygens (including phenoxy) is 3. The lowest BCUT2D eigenvalue weighted by Crippen LogP contribution is -2.45. The Morgan fingerprint density at radius 2 is 1.85 bits per heavy atom. The maximum Gasteiger partial charge on any atom is 0.222 e. The third-order valence-corrected chi connectivity index (χ3v) is 10.6. The van der Waals surface area contributed by atoms with Gasteiger partial charge in [-0.2, -0.15) is 5.26 Å². The van der Waals surface area contributed by atoms with Gasteiger partial charge in [-0.15, -0.1) is 0 Å². The zero-order valence-electron chi connectivity index (χ0n) is 28.8.